The lowest BCUT2D eigenvalue weighted by Gasteiger charge is -2.12. The average molecular weight is 411 g/mol. The molecule has 7 nitrogen and oxygen atoms in total. The normalized spacial score (nSPS) is 10.6. The Morgan fingerprint density at radius 3 is 2.65 bits per heavy atom. The Balaban J connectivity index is 1.68. The van der Waals surface area contributed by atoms with Gasteiger partial charge in [0, 0.05) is 5.39 Å². The number of para-hydroxylation sites is 1. The Hall–Kier alpha value is -4.18. The fourth-order valence-corrected chi connectivity index (χ4v) is 3.48. The molecule has 1 N–H and O–H groups in total. The number of methoxy groups -OCH3 is 1. The first-order valence-electron chi connectivity index (χ1n) is 9.78. The highest BCUT2D eigenvalue weighted by molar-refractivity contribution is 5.93. The van der Waals surface area contributed by atoms with Crippen molar-refractivity contribution >= 4 is 22.6 Å². The molecule has 0 radical (unpaired) electrons. The van der Waals surface area contributed by atoms with E-state index in [0.29, 0.717) is 11.6 Å². The summed E-state index contributed by atoms with van der Waals surface area (Å²) in [5, 5.41) is 17.7. The van der Waals surface area contributed by atoms with Gasteiger partial charge < -0.3 is 10.1 Å². The fraction of sp³-hybridized carbons (Fsp3) is 0.167. The maximum atomic E-state index is 12.7. The van der Waals surface area contributed by atoms with Crippen LogP contribution in [0, 0.1) is 25.2 Å². The van der Waals surface area contributed by atoms with Crippen molar-refractivity contribution < 1.29 is 9.53 Å². The summed E-state index contributed by atoms with van der Waals surface area (Å²) in [6.07, 6.45) is 1.59. The van der Waals surface area contributed by atoms with Crippen LogP contribution in [0.2, 0.25) is 0 Å². The molecule has 0 bridgehead atoms. The van der Waals surface area contributed by atoms with E-state index >= 15 is 0 Å². The van der Waals surface area contributed by atoms with Crippen molar-refractivity contribution in [3.8, 4) is 17.6 Å². The van der Waals surface area contributed by atoms with Crippen LogP contribution in [0.3, 0.4) is 0 Å². The number of ether oxygens (including phenoxy) is 1. The zero-order valence-corrected chi connectivity index (χ0v) is 17.5. The molecule has 0 atom stereocenters. The van der Waals surface area contributed by atoms with E-state index in [-0.39, 0.29) is 17.9 Å². The van der Waals surface area contributed by atoms with Gasteiger partial charge in [0.1, 0.15) is 17.4 Å². The van der Waals surface area contributed by atoms with Crippen LogP contribution in [0.4, 0.5) is 5.82 Å². The van der Waals surface area contributed by atoms with Gasteiger partial charge in [-0.05, 0) is 48.7 Å². The van der Waals surface area contributed by atoms with Gasteiger partial charge in [-0.25, -0.2) is 4.98 Å². The quantitative estimate of drug-likeness (QED) is 0.534. The minimum Gasteiger partial charge on any atom is -0.497 e. The molecule has 7 heteroatoms. The fourth-order valence-electron chi connectivity index (χ4n) is 3.48. The molecule has 4 aromatic rings. The number of amides is 1. The molecule has 2 aromatic carbocycles. The largest absolute Gasteiger partial charge is 0.497 e. The van der Waals surface area contributed by atoms with Crippen LogP contribution in [0.5, 0.6) is 5.75 Å². The summed E-state index contributed by atoms with van der Waals surface area (Å²) in [7, 11) is 1.59. The number of carbonyl (C=O) groups excluding carboxylic acids is 1. The summed E-state index contributed by atoms with van der Waals surface area (Å²) >= 11 is 0. The smallest absolute Gasteiger partial charge is 0.229 e. The molecule has 2 aromatic heterocycles. The highest BCUT2D eigenvalue weighted by Crippen LogP contribution is 2.25. The molecule has 2 heterocycles. The maximum Gasteiger partial charge on any atom is 0.229 e. The van der Waals surface area contributed by atoms with Gasteiger partial charge in [0.25, 0.3) is 0 Å². The molecular weight excluding hydrogens is 390 g/mol. The first kappa shape index (κ1) is 20.1. The Bertz CT molecular complexity index is 1320. The first-order chi connectivity index (χ1) is 15.0. The molecule has 0 unspecified atom stereocenters. The van der Waals surface area contributed by atoms with Crippen LogP contribution >= 0.6 is 0 Å². The molecule has 4 rings (SSSR count). The number of benzene rings is 2. The van der Waals surface area contributed by atoms with Crippen LogP contribution in [-0.4, -0.2) is 27.8 Å². The van der Waals surface area contributed by atoms with Gasteiger partial charge in [-0.2, -0.15) is 15.0 Å². The number of carbonyl (C=O) groups is 1. The van der Waals surface area contributed by atoms with Crippen LogP contribution < -0.4 is 10.1 Å². The van der Waals surface area contributed by atoms with Gasteiger partial charge >= 0.3 is 0 Å². The summed E-state index contributed by atoms with van der Waals surface area (Å²) in [5.41, 5.74) is 4.04. The minimum atomic E-state index is -0.253. The van der Waals surface area contributed by atoms with Crippen molar-refractivity contribution in [3.63, 3.8) is 0 Å². The molecule has 1 amide bonds. The second-order valence-corrected chi connectivity index (χ2v) is 7.27. The van der Waals surface area contributed by atoms with Crippen molar-refractivity contribution in [1.82, 2.24) is 14.8 Å². The maximum absolute atomic E-state index is 12.7. The van der Waals surface area contributed by atoms with Crippen molar-refractivity contribution in [2.75, 3.05) is 12.4 Å². The molecule has 0 fully saturated rings. The number of anilines is 1. The topological polar surface area (TPSA) is 92.8 Å². The molecule has 0 aliphatic rings. The third-order valence-corrected chi connectivity index (χ3v) is 5.12. The monoisotopic (exact) mass is 411 g/mol. The summed E-state index contributed by atoms with van der Waals surface area (Å²) in [5.74, 6) is 1.32. The minimum absolute atomic E-state index is 0.156. The molecule has 31 heavy (non-hydrogen) atoms. The molecule has 0 spiro atoms. The van der Waals surface area contributed by atoms with Gasteiger partial charge in [0.15, 0.2) is 11.6 Å². The van der Waals surface area contributed by atoms with E-state index in [1.54, 1.807) is 19.2 Å². The summed E-state index contributed by atoms with van der Waals surface area (Å²) in [6, 6.07) is 17.3. The SMILES string of the molecule is COc1ccc(CC(=O)Nc2c(C#N)cnn2-c2cc(C)c3cccc(C)c3n2)cc1. The van der Waals surface area contributed by atoms with Gasteiger partial charge in [0.05, 0.1) is 25.2 Å². The van der Waals surface area contributed by atoms with Crippen molar-refractivity contribution in [2.45, 2.75) is 20.3 Å². The highest BCUT2D eigenvalue weighted by atomic mass is 16.5. The molecule has 0 aliphatic carbocycles. The van der Waals surface area contributed by atoms with Gasteiger partial charge in [-0.3, -0.25) is 4.79 Å². The predicted octanol–water partition coefficient (Wildman–Crippen LogP) is 4.10. The molecule has 0 saturated carbocycles. The van der Waals surface area contributed by atoms with Gasteiger partial charge in [-0.1, -0.05) is 30.3 Å². The van der Waals surface area contributed by atoms with Crippen molar-refractivity contribution in [2.24, 2.45) is 0 Å². The van der Waals surface area contributed by atoms with Crippen LogP contribution in [-0.2, 0) is 11.2 Å². The van der Waals surface area contributed by atoms with Gasteiger partial charge in [-0.15, -0.1) is 0 Å². The van der Waals surface area contributed by atoms with Crippen molar-refractivity contribution in [1.29, 1.82) is 5.26 Å². The number of hydrogen-bond acceptors (Lipinski definition) is 5. The van der Waals surface area contributed by atoms with E-state index in [9.17, 15) is 10.1 Å². The highest BCUT2D eigenvalue weighted by Gasteiger charge is 2.17. The number of fused-ring (bicyclic) bond motifs is 1. The van der Waals surface area contributed by atoms with Gasteiger partial charge in [0.2, 0.25) is 5.91 Å². The number of rotatable bonds is 5. The van der Waals surface area contributed by atoms with E-state index in [2.05, 4.69) is 16.5 Å². The summed E-state index contributed by atoms with van der Waals surface area (Å²) in [6.45, 7) is 4.00. The number of aryl methyl sites for hydroxylation is 2. The number of nitriles is 1. The lowest BCUT2D eigenvalue weighted by Crippen LogP contribution is -2.18. The lowest BCUT2D eigenvalue weighted by atomic mass is 10.1. The Morgan fingerprint density at radius 2 is 1.94 bits per heavy atom. The van der Waals surface area contributed by atoms with E-state index in [4.69, 9.17) is 9.72 Å². The first-order valence-corrected chi connectivity index (χ1v) is 9.78. The van der Waals surface area contributed by atoms with E-state index in [1.165, 1.54) is 10.9 Å². The number of hydrogen-bond donors (Lipinski definition) is 1. The van der Waals surface area contributed by atoms with E-state index < -0.39 is 0 Å². The Labute approximate surface area is 179 Å². The zero-order chi connectivity index (χ0) is 22.0. The lowest BCUT2D eigenvalue weighted by molar-refractivity contribution is -0.115. The third-order valence-electron chi connectivity index (χ3n) is 5.12. The zero-order valence-electron chi connectivity index (χ0n) is 17.5. The van der Waals surface area contributed by atoms with E-state index in [1.807, 2.05) is 50.2 Å². The number of nitrogens with zero attached hydrogens (tertiary/aromatic N) is 4. The average Bonchev–Trinajstić information content (AvgIpc) is 3.17. The second kappa shape index (κ2) is 8.28. The van der Waals surface area contributed by atoms with Crippen LogP contribution in [0.25, 0.3) is 16.7 Å². The van der Waals surface area contributed by atoms with Crippen molar-refractivity contribution in [3.05, 3.63) is 77.0 Å². The number of nitrogens with one attached hydrogen (secondary N) is 1. The van der Waals surface area contributed by atoms with Crippen LogP contribution in [0.1, 0.15) is 22.3 Å². The molecule has 0 saturated heterocycles. The van der Waals surface area contributed by atoms with Crippen LogP contribution in [0.15, 0.2) is 54.7 Å². The molecule has 154 valence electrons. The number of aromatic nitrogens is 3. The second-order valence-electron chi connectivity index (χ2n) is 7.27. The summed E-state index contributed by atoms with van der Waals surface area (Å²) < 4.78 is 6.65. The summed E-state index contributed by atoms with van der Waals surface area (Å²) in [4.78, 5) is 17.5. The molecular formula is C24H21N5O2. The standard InChI is InChI=1S/C24H21N5O2/c1-15-5-4-6-20-16(2)11-21(27-23(15)20)29-24(18(13-25)14-26-29)28-22(30)12-17-7-9-19(31-3)10-8-17/h4-11,14H,12H2,1-3H3,(H,28,30). The third kappa shape index (κ3) is 3.96. The number of pyridine rings is 1. The Kier molecular flexibility index (Phi) is 5.37. The predicted molar refractivity (Wildman–Crippen MR) is 118 cm³/mol. The van der Waals surface area contributed by atoms with E-state index in [0.717, 1.165) is 33.3 Å². The molecule has 0 aliphatic heterocycles. The Morgan fingerprint density at radius 1 is 1.16 bits per heavy atom.